The molecule has 0 radical (unpaired) electrons. The zero-order valence-electron chi connectivity index (χ0n) is 13.0. The Morgan fingerprint density at radius 3 is 2.50 bits per heavy atom. The van der Waals surface area contributed by atoms with Crippen molar-refractivity contribution in [2.75, 3.05) is 0 Å². The number of carboxylic acid groups (broad SMARTS) is 1. The molecule has 0 unspecified atom stereocenters. The Hall–Kier alpha value is -1.89. The summed E-state index contributed by atoms with van der Waals surface area (Å²) in [5.41, 5.74) is 2.85. The van der Waals surface area contributed by atoms with E-state index in [1.54, 1.807) is 4.68 Å². The fourth-order valence-electron chi connectivity index (χ4n) is 3.69. The van der Waals surface area contributed by atoms with Crippen LogP contribution in [-0.2, 0) is 27.9 Å². The minimum atomic E-state index is -0.943. The van der Waals surface area contributed by atoms with Gasteiger partial charge in [0.25, 0.3) is 0 Å². The largest absolute Gasteiger partial charge is 0.481 e. The lowest BCUT2D eigenvalue weighted by atomic mass is 9.78. The molecule has 2 aliphatic rings. The van der Waals surface area contributed by atoms with Crippen molar-refractivity contribution in [1.29, 1.82) is 0 Å². The second kappa shape index (κ2) is 5.39. The topological polar surface area (TPSA) is 93.5 Å². The number of amides is 1. The summed E-state index contributed by atoms with van der Waals surface area (Å²) in [6.07, 6.45) is 0.909. The molecular formula is C15H21N3O4. The number of nitrogens with zero attached hydrogens (tertiary/aromatic N) is 2. The van der Waals surface area contributed by atoms with E-state index in [9.17, 15) is 14.7 Å². The van der Waals surface area contributed by atoms with Crippen LogP contribution in [0.1, 0.15) is 29.8 Å². The molecule has 2 aliphatic heterocycles. The van der Waals surface area contributed by atoms with Gasteiger partial charge in [-0.1, -0.05) is 0 Å². The predicted molar refractivity (Wildman–Crippen MR) is 77.0 cm³/mol. The minimum absolute atomic E-state index is 0.234. The van der Waals surface area contributed by atoms with Crippen LogP contribution in [-0.4, -0.2) is 39.0 Å². The molecule has 3 heterocycles. The van der Waals surface area contributed by atoms with Crippen LogP contribution in [0.3, 0.4) is 0 Å². The maximum atomic E-state index is 12.5. The molecule has 4 atom stereocenters. The summed E-state index contributed by atoms with van der Waals surface area (Å²) in [4.78, 5) is 23.9. The van der Waals surface area contributed by atoms with Gasteiger partial charge >= 0.3 is 5.97 Å². The van der Waals surface area contributed by atoms with Crippen LogP contribution in [0.15, 0.2) is 0 Å². The Morgan fingerprint density at radius 1 is 1.32 bits per heavy atom. The van der Waals surface area contributed by atoms with Crippen LogP contribution in [0.4, 0.5) is 0 Å². The maximum absolute atomic E-state index is 12.5. The normalized spacial score (nSPS) is 29.8. The fraction of sp³-hybridized carbons (Fsp3) is 0.667. The molecule has 7 heteroatoms. The lowest BCUT2D eigenvalue weighted by Crippen LogP contribution is -2.43. The van der Waals surface area contributed by atoms with Crippen LogP contribution in [0.2, 0.25) is 0 Å². The quantitative estimate of drug-likeness (QED) is 0.846. The molecule has 0 aliphatic carbocycles. The highest BCUT2D eigenvalue weighted by Crippen LogP contribution is 2.43. The van der Waals surface area contributed by atoms with E-state index in [-0.39, 0.29) is 18.1 Å². The molecule has 1 amide bonds. The van der Waals surface area contributed by atoms with E-state index in [2.05, 4.69) is 10.4 Å². The van der Waals surface area contributed by atoms with E-state index >= 15 is 0 Å². The summed E-state index contributed by atoms with van der Waals surface area (Å²) in [6, 6.07) is 0. The Kier molecular flexibility index (Phi) is 3.68. The third kappa shape index (κ3) is 2.29. The molecular weight excluding hydrogens is 286 g/mol. The number of aliphatic carboxylic acids is 1. The molecule has 2 N–H and O–H groups in total. The molecule has 0 saturated carbocycles. The first-order valence-electron chi connectivity index (χ1n) is 7.55. The molecule has 0 spiro atoms. The van der Waals surface area contributed by atoms with Crippen LogP contribution in [0.25, 0.3) is 0 Å². The molecule has 2 saturated heterocycles. The van der Waals surface area contributed by atoms with Crippen LogP contribution < -0.4 is 5.32 Å². The summed E-state index contributed by atoms with van der Waals surface area (Å²) in [5, 5.41) is 16.5. The Bertz CT molecular complexity index is 625. The van der Waals surface area contributed by atoms with Gasteiger partial charge in [-0.05, 0) is 26.7 Å². The molecule has 1 aromatic heterocycles. The lowest BCUT2D eigenvalue weighted by Gasteiger charge is -2.23. The van der Waals surface area contributed by atoms with Crippen molar-refractivity contribution in [3.8, 4) is 0 Å². The lowest BCUT2D eigenvalue weighted by molar-refractivity contribution is -0.147. The fourth-order valence-corrected chi connectivity index (χ4v) is 3.69. The second-order valence-corrected chi connectivity index (χ2v) is 6.17. The Morgan fingerprint density at radius 2 is 1.95 bits per heavy atom. The molecule has 2 bridgehead atoms. The number of carbonyl (C=O) groups excluding carboxylic acids is 1. The third-order valence-electron chi connectivity index (χ3n) is 4.96. The van der Waals surface area contributed by atoms with Gasteiger partial charge in [0.1, 0.15) is 0 Å². The number of aromatic nitrogens is 2. The molecule has 1 aromatic rings. The van der Waals surface area contributed by atoms with Crippen molar-refractivity contribution in [2.24, 2.45) is 18.9 Å². The zero-order chi connectivity index (χ0) is 16.0. The van der Waals surface area contributed by atoms with E-state index in [0.29, 0.717) is 6.54 Å². The van der Waals surface area contributed by atoms with E-state index < -0.39 is 17.8 Å². The first kappa shape index (κ1) is 15.0. The van der Waals surface area contributed by atoms with Gasteiger partial charge in [0, 0.05) is 24.8 Å². The number of fused-ring (bicyclic) bond motifs is 2. The standard InChI is InChI=1S/C15H21N3O4/c1-7-9(8(2)18(3)17-7)6-16-14(19)12-10-4-5-11(22-10)13(12)15(20)21/h10-13H,4-6H2,1-3H3,(H,16,19)(H,20,21)/t10-,11-,12-,13-/m0/s1. The van der Waals surface area contributed by atoms with E-state index in [1.165, 1.54) is 0 Å². The number of hydrogen-bond acceptors (Lipinski definition) is 4. The van der Waals surface area contributed by atoms with E-state index in [4.69, 9.17) is 4.74 Å². The summed E-state index contributed by atoms with van der Waals surface area (Å²) < 4.78 is 7.40. The number of carbonyl (C=O) groups is 2. The van der Waals surface area contributed by atoms with Crippen molar-refractivity contribution in [2.45, 2.75) is 45.4 Å². The minimum Gasteiger partial charge on any atom is -0.481 e. The number of hydrogen-bond donors (Lipinski definition) is 2. The smallest absolute Gasteiger partial charge is 0.310 e. The molecule has 0 aromatic carbocycles. The van der Waals surface area contributed by atoms with Gasteiger partial charge in [-0.2, -0.15) is 5.10 Å². The molecule has 120 valence electrons. The SMILES string of the molecule is Cc1nn(C)c(C)c1CNC(=O)[C@@H]1[C@@H](C(=O)O)[C@@H]2CC[C@@H]1O2. The second-order valence-electron chi connectivity index (χ2n) is 6.17. The number of nitrogens with one attached hydrogen (secondary N) is 1. The summed E-state index contributed by atoms with van der Waals surface area (Å²) >= 11 is 0. The summed E-state index contributed by atoms with van der Waals surface area (Å²) in [6.45, 7) is 4.21. The van der Waals surface area contributed by atoms with Gasteiger partial charge in [-0.15, -0.1) is 0 Å². The number of carboxylic acids is 1. The number of aryl methyl sites for hydroxylation is 2. The zero-order valence-corrected chi connectivity index (χ0v) is 13.0. The average Bonchev–Trinajstić information content (AvgIpc) is 3.12. The van der Waals surface area contributed by atoms with E-state index in [0.717, 1.165) is 29.8 Å². The highest BCUT2D eigenvalue weighted by molar-refractivity contribution is 5.86. The number of ether oxygens (including phenoxy) is 1. The summed E-state index contributed by atoms with van der Waals surface area (Å²) in [7, 11) is 1.86. The molecule has 7 nitrogen and oxygen atoms in total. The van der Waals surface area contributed by atoms with E-state index in [1.807, 2.05) is 20.9 Å². The predicted octanol–water partition coefficient (Wildman–Crippen LogP) is 0.531. The van der Waals surface area contributed by atoms with Gasteiger partial charge in [0.2, 0.25) is 5.91 Å². The van der Waals surface area contributed by atoms with Crippen molar-refractivity contribution in [1.82, 2.24) is 15.1 Å². The van der Waals surface area contributed by atoms with Crippen molar-refractivity contribution < 1.29 is 19.4 Å². The summed E-state index contributed by atoms with van der Waals surface area (Å²) in [5.74, 6) is -2.49. The monoisotopic (exact) mass is 307 g/mol. The van der Waals surface area contributed by atoms with Gasteiger partial charge < -0.3 is 15.2 Å². The Labute approximate surface area is 128 Å². The van der Waals surface area contributed by atoms with Gasteiger partial charge in [0.05, 0.1) is 29.7 Å². The van der Waals surface area contributed by atoms with Gasteiger partial charge in [-0.3, -0.25) is 14.3 Å². The van der Waals surface area contributed by atoms with Crippen LogP contribution in [0, 0.1) is 25.7 Å². The van der Waals surface area contributed by atoms with Crippen molar-refractivity contribution in [3.63, 3.8) is 0 Å². The van der Waals surface area contributed by atoms with Crippen molar-refractivity contribution in [3.05, 3.63) is 17.0 Å². The van der Waals surface area contributed by atoms with Crippen molar-refractivity contribution >= 4 is 11.9 Å². The first-order valence-corrected chi connectivity index (χ1v) is 7.55. The van der Waals surface area contributed by atoms with Crippen LogP contribution >= 0.6 is 0 Å². The first-order chi connectivity index (χ1) is 10.4. The maximum Gasteiger partial charge on any atom is 0.310 e. The highest BCUT2D eigenvalue weighted by Gasteiger charge is 2.55. The van der Waals surface area contributed by atoms with Crippen LogP contribution in [0.5, 0.6) is 0 Å². The average molecular weight is 307 g/mol. The molecule has 3 rings (SSSR count). The van der Waals surface area contributed by atoms with Gasteiger partial charge in [0.15, 0.2) is 0 Å². The number of rotatable bonds is 4. The van der Waals surface area contributed by atoms with Gasteiger partial charge in [-0.25, -0.2) is 0 Å². The highest BCUT2D eigenvalue weighted by atomic mass is 16.5. The third-order valence-corrected chi connectivity index (χ3v) is 4.96. The Balaban J connectivity index is 1.70. The molecule has 22 heavy (non-hydrogen) atoms. The molecule has 2 fully saturated rings.